The smallest absolute Gasteiger partial charge is 0.224 e. The molecule has 2 aliphatic rings. The molecule has 3 aromatic rings. The van der Waals surface area contributed by atoms with Crippen LogP contribution in [0.4, 0.5) is 11.8 Å². The van der Waals surface area contributed by atoms with E-state index in [4.69, 9.17) is 15.1 Å². The lowest BCUT2D eigenvalue weighted by atomic mass is 10.1. The minimum absolute atomic E-state index is 0.630. The Balaban J connectivity index is 1.47. The number of aromatic nitrogens is 5. The molecule has 158 valence electrons. The van der Waals surface area contributed by atoms with Crippen molar-refractivity contribution in [2.45, 2.75) is 32.2 Å². The highest BCUT2D eigenvalue weighted by atomic mass is 15.3. The minimum Gasteiger partial charge on any atom is -0.357 e. The Morgan fingerprint density at radius 3 is 2.53 bits per heavy atom. The second-order valence-electron chi connectivity index (χ2n) is 8.56. The molecule has 0 amide bonds. The fraction of sp³-hybridized carbons (Fsp3) is 0.545. The fourth-order valence-corrected chi connectivity index (χ4v) is 4.61. The number of nitrogens with zero attached hydrogens (tertiary/aromatic N) is 7. The maximum Gasteiger partial charge on any atom is 0.224 e. The van der Waals surface area contributed by atoms with Gasteiger partial charge in [0.05, 0.1) is 5.39 Å². The predicted molar refractivity (Wildman–Crippen MR) is 120 cm³/mol. The monoisotopic (exact) mass is 406 g/mol. The minimum atomic E-state index is 0.630. The summed E-state index contributed by atoms with van der Waals surface area (Å²) in [5, 5.41) is 9.02. The van der Waals surface area contributed by atoms with E-state index < -0.39 is 0 Å². The summed E-state index contributed by atoms with van der Waals surface area (Å²) >= 11 is 0. The van der Waals surface area contributed by atoms with Crippen molar-refractivity contribution >= 4 is 22.8 Å². The fourth-order valence-electron chi connectivity index (χ4n) is 4.61. The average Bonchev–Trinajstić information content (AvgIpc) is 3.42. The van der Waals surface area contributed by atoms with Crippen LogP contribution in [0.3, 0.4) is 0 Å². The molecule has 1 aliphatic heterocycles. The van der Waals surface area contributed by atoms with Crippen LogP contribution in [-0.4, -0.2) is 69.9 Å². The molecular weight excluding hydrogens is 376 g/mol. The number of nitrogens with one attached hydrogen (secondary N) is 1. The van der Waals surface area contributed by atoms with Crippen LogP contribution in [0.15, 0.2) is 24.5 Å². The molecule has 8 heteroatoms. The number of rotatable bonds is 5. The molecule has 1 N–H and O–H groups in total. The molecule has 8 nitrogen and oxygen atoms in total. The lowest BCUT2D eigenvalue weighted by Crippen LogP contribution is -2.44. The first kappa shape index (κ1) is 19.2. The SMILES string of the molecule is CNc1ncc2c(-c3ccc(N4CCN(C)CC4)nc3)nn(CC3CCCC3)c2n1. The highest BCUT2D eigenvalue weighted by Gasteiger charge is 2.21. The van der Waals surface area contributed by atoms with Crippen molar-refractivity contribution < 1.29 is 0 Å². The Morgan fingerprint density at radius 2 is 1.83 bits per heavy atom. The van der Waals surface area contributed by atoms with E-state index in [1.807, 2.05) is 19.4 Å². The van der Waals surface area contributed by atoms with Gasteiger partial charge in [-0.3, -0.25) is 0 Å². The van der Waals surface area contributed by atoms with Gasteiger partial charge in [0.1, 0.15) is 11.5 Å². The van der Waals surface area contributed by atoms with E-state index in [2.05, 4.69) is 44.0 Å². The molecule has 0 unspecified atom stereocenters. The third-order valence-electron chi connectivity index (χ3n) is 6.47. The molecule has 0 spiro atoms. The van der Waals surface area contributed by atoms with E-state index >= 15 is 0 Å². The lowest BCUT2D eigenvalue weighted by Gasteiger charge is -2.33. The summed E-state index contributed by atoms with van der Waals surface area (Å²) in [5.41, 5.74) is 2.84. The van der Waals surface area contributed by atoms with Gasteiger partial charge >= 0.3 is 0 Å². The Hall–Kier alpha value is -2.74. The molecule has 1 saturated carbocycles. The van der Waals surface area contributed by atoms with Crippen molar-refractivity contribution in [2.75, 3.05) is 50.5 Å². The van der Waals surface area contributed by atoms with Gasteiger partial charge in [-0.05, 0) is 37.9 Å². The van der Waals surface area contributed by atoms with Gasteiger partial charge in [-0.25, -0.2) is 14.6 Å². The Kier molecular flexibility index (Phi) is 5.25. The van der Waals surface area contributed by atoms with Gasteiger partial charge in [-0.1, -0.05) is 12.8 Å². The number of piperazine rings is 1. The molecule has 3 aromatic heterocycles. The van der Waals surface area contributed by atoms with Crippen molar-refractivity contribution in [1.29, 1.82) is 0 Å². The van der Waals surface area contributed by atoms with Gasteiger partial charge in [0.15, 0.2) is 5.65 Å². The molecular formula is C22H30N8. The quantitative estimate of drug-likeness (QED) is 0.698. The molecule has 0 radical (unpaired) electrons. The van der Waals surface area contributed by atoms with Crippen LogP contribution in [0.1, 0.15) is 25.7 Å². The van der Waals surface area contributed by atoms with Crippen molar-refractivity contribution in [1.82, 2.24) is 29.6 Å². The summed E-state index contributed by atoms with van der Waals surface area (Å²) in [5.74, 6) is 2.35. The van der Waals surface area contributed by atoms with E-state index in [1.54, 1.807) is 0 Å². The summed E-state index contributed by atoms with van der Waals surface area (Å²) in [6, 6.07) is 4.25. The van der Waals surface area contributed by atoms with Crippen LogP contribution in [0.2, 0.25) is 0 Å². The number of hydrogen-bond acceptors (Lipinski definition) is 7. The van der Waals surface area contributed by atoms with Gasteiger partial charge in [0.25, 0.3) is 0 Å². The highest BCUT2D eigenvalue weighted by Crippen LogP contribution is 2.31. The van der Waals surface area contributed by atoms with Crippen molar-refractivity contribution in [3.8, 4) is 11.3 Å². The molecule has 30 heavy (non-hydrogen) atoms. The summed E-state index contributed by atoms with van der Waals surface area (Å²) in [4.78, 5) is 18.6. The molecule has 5 rings (SSSR count). The van der Waals surface area contributed by atoms with Crippen LogP contribution in [0.5, 0.6) is 0 Å². The zero-order valence-electron chi connectivity index (χ0n) is 17.9. The van der Waals surface area contributed by atoms with E-state index in [9.17, 15) is 0 Å². The average molecular weight is 407 g/mol. The van der Waals surface area contributed by atoms with Gasteiger partial charge in [-0.2, -0.15) is 10.1 Å². The van der Waals surface area contributed by atoms with Crippen LogP contribution >= 0.6 is 0 Å². The van der Waals surface area contributed by atoms with E-state index in [1.165, 1.54) is 25.7 Å². The number of likely N-dealkylation sites (N-methyl/N-ethyl adjacent to an activating group) is 1. The van der Waals surface area contributed by atoms with Crippen molar-refractivity contribution in [3.05, 3.63) is 24.5 Å². The van der Waals surface area contributed by atoms with E-state index in [-0.39, 0.29) is 0 Å². The topological polar surface area (TPSA) is 75.0 Å². The summed E-state index contributed by atoms with van der Waals surface area (Å²) in [7, 11) is 4.02. The maximum absolute atomic E-state index is 4.98. The normalized spacial score (nSPS) is 18.4. The highest BCUT2D eigenvalue weighted by molar-refractivity contribution is 5.91. The molecule has 1 saturated heterocycles. The zero-order valence-corrected chi connectivity index (χ0v) is 17.9. The Labute approximate surface area is 177 Å². The maximum atomic E-state index is 4.98. The molecule has 0 atom stereocenters. The zero-order chi connectivity index (χ0) is 20.5. The lowest BCUT2D eigenvalue weighted by molar-refractivity contribution is 0.312. The third kappa shape index (κ3) is 3.71. The largest absolute Gasteiger partial charge is 0.357 e. The van der Waals surface area contributed by atoms with Crippen LogP contribution < -0.4 is 10.2 Å². The number of fused-ring (bicyclic) bond motifs is 1. The van der Waals surface area contributed by atoms with E-state index in [0.717, 1.165) is 60.8 Å². The summed E-state index contributed by atoms with van der Waals surface area (Å²) in [6.07, 6.45) is 9.04. The first-order valence-electron chi connectivity index (χ1n) is 11.0. The van der Waals surface area contributed by atoms with Crippen molar-refractivity contribution in [2.24, 2.45) is 5.92 Å². The molecule has 1 aliphatic carbocycles. The van der Waals surface area contributed by atoms with Gasteiger partial charge < -0.3 is 15.1 Å². The first-order chi connectivity index (χ1) is 14.7. The second kappa shape index (κ2) is 8.18. The third-order valence-corrected chi connectivity index (χ3v) is 6.47. The van der Waals surface area contributed by atoms with Crippen molar-refractivity contribution in [3.63, 3.8) is 0 Å². The molecule has 4 heterocycles. The molecule has 0 bridgehead atoms. The summed E-state index contributed by atoms with van der Waals surface area (Å²) in [6.45, 7) is 5.10. The molecule has 0 aromatic carbocycles. The first-order valence-corrected chi connectivity index (χ1v) is 11.0. The second-order valence-corrected chi connectivity index (χ2v) is 8.56. The number of pyridine rings is 1. The Bertz CT molecular complexity index is 998. The van der Waals surface area contributed by atoms with Crippen LogP contribution in [0.25, 0.3) is 22.3 Å². The number of anilines is 2. The number of hydrogen-bond donors (Lipinski definition) is 1. The predicted octanol–water partition coefficient (Wildman–Crippen LogP) is 2.87. The standard InChI is InChI=1S/C22H30N8/c1-23-22-25-14-18-20(27-30(21(18)26-22)15-16-5-3-4-6-16)17-7-8-19(24-13-17)29-11-9-28(2)10-12-29/h7-8,13-14,16H,3-6,9-12,15H2,1-2H3,(H,23,25,26). The van der Waals surface area contributed by atoms with Gasteiger partial charge in [0.2, 0.25) is 5.95 Å². The Morgan fingerprint density at radius 1 is 1.03 bits per heavy atom. The van der Waals surface area contributed by atoms with Crippen LogP contribution in [0, 0.1) is 5.92 Å². The van der Waals surface area contributed by atoms with E-state index in [0.29, 0.717) is 11.9 Å². The molecule has 2 fully saturated rings. The summed E-state index contributed by atoms with van der Waals surface area (Å²) < 4.78 is 2.08. The van der Waals surface area contributed by atoms with Gasteiger partial charge in [0, 0.05) is 57.7 Å². The van der Waals surface area contributed by atoms with Crippen LogP contribution in [-0.2, 0) is 6.54 Å². The van der Waals surface area contributed by atoms with Gasteiger partial charge in [-0.15, -0.1) is 0 Å².